The first-order chi connectivity index (χ1) is 15.3. The third-order valence-corrected chi connectivity index (χ3v) is 4.97. The van der Waals surface area contributed by atoms with Gasteiger partial charge in [0.05, 0.1) is 10.7 Å². The molecule has 0 bridgehead atoms. The topological polar surface area (TPSA) is 78.6 Å². The number of aldehydes is 1. The fourth-order valence-corrected chi connectivity index (χ4v) is 3.57. The van der Waals surface area contributed by atoms with Gasteiger partial charge in [0.1, 0.15) is 5.69 Å². The van der Waals surface area contributed by atoms with Crippen molar-refractivity contribution >= 4 is 41.1 Å². The molecule has 1 aromatic carbocycles. The first-order valence-electron chi connectivity index (χ1n) is 9.09. The van der Waals surface area contributed by atoms with Crippen molar-refractivity contribution in [2.75, 3.05) is 0 Å². The average molecular weight is 485 g/mol. The predicted molar refractivity (Wildman–Crippen MR) is 110 cm³/mol. The number of nitrogens with zero attached hydrogens (tertiary/aromatic N) is 4. The van der Waals surface area contributed by atoms with Gasteiger partial charge in [-0.05, 0) is 36.8 Å². The van der Waals surface area contributed by atoms with Gasteiger partial charge < -0.3 is 9.47 Å². The lowest BCUT2D eigenvalue weighted by atomic mass is 10.0. The van der Waals surface area contributed by atoms with Crippen LogP contribution in [-0.4, -0.2) is 39.7 Å². The maximum Gasteiger partial charge on any atom is 0.304 e. The van der Waals surface area contributed by atoms with Crippen LogP contribution in [-0.2, 0) is 9.53 Å². The summed E-state index contributed by atoms with van der Waals surface area (Å²) in [6, 6.07) is 7.44. The van der Waals surface area contributed by atoms with Crippen molar-refractivity contribution in [3.63, 3.8) is 0 Å². The molecule has 1 aliphatic rings. The molecule has 166 valence electrons. The van der Waals surface area contributed by atoms with Crippen LogP contribution in [0.2, 0.25) is 10.0 Å². The Morgan fingerprint density at radius 1 is 1.25 bits per heavy atom. The number of aryl methyl sites for hydroxylation is 1. The largest absolute Gasteiger partial charge is 0.460 e. The highest BCUT2D eigenvalue weighted by atomic mass is 35.5. The number of carbonyl (C=O) groups excluding carboxylic acids is 1. The van der Waals surface area contributed by atoms with Crippen LogP contribution in [0.5, 0.6) is 5.88 Å². The second kappa shape index (κ2) is 8.79. The summed E-state index contributed by atoms with van der Waals surface area (Å²) in [5.41, 5.74) is 1.61. The summed E-state index contributed by atoms with van der Waals surface area (Å²) < 4.78 is 50.2. The standard InChI is InChI=1S/C20H13Cl2F3N4O3/c1-9-5-10(21)6-11-14(8-30)31-20(27-16(9)11)13-7-15(32-18(25)17(23)24)28-29(13)19-12(22)3-2-4-26-19/h2-8,14,17-18H,1H3. The number of aliphatic imine (C=N–C) groups is 1. The number of ether oxygens (including phenoxy) is 2. The molecule has 3 heterocycles. The maximum atomic E-state index is 13.5. The lowest BCUT2D eigenvalue weighted by molar-refractivity contribution is -0.114. The summed E-state index contributed by atoms with van der Waals surface area (Å²) in [7, 11) is 0. The minimum atomic E-state index is -3.39. The fourth-order valence-electron chi connectivity index (χ4n) is 3.09. The van der Waals surface area contributed by atoms with Gasteiger partial charge in [-0.1, -0.05) is 23.2 Å². The number of benzene rings is 1. The third-order valence-electron chi connectivity index (χ3n) is 4.45. The van der Waals surface area contributed by atoms with E-state index in [0.717, 1.165) is 10.7 Å². The van der Waals surface area contributed by atoms with Gasteiger partial charge in [0.25, 0.3) is 6.36 Å². The normalized spacial score (nSPS) is 16.2. The highest BCUT2D eigenvalue weighted by Gasteiger charge is 2.31. The van der Waals surface area contributed by atoms with Gasteiger partial charge in [-0.25, -0.2) is 23.4 Å². The maximum absolute atomic E-state index is 13.5. The summed E-state index contributed by atoms with van der Waals surface area (Å²) in [5.74, 6) is -0.502. The minimum Gasteiger partial charge on any atom is -0.460 e. The zero-order valence-corrected chi connectivity index (χ0v) is 17.7. The van der Waals surface area contributed by atoms with Gasteiger partial charge in [0, 0.05) is 22.8 Å². The second-order valence-corrected chi connectivity index (χ2v) is 7.49. The molecule has 2 atom stereocenters. The van der Waals surface area contributed by atoms with Crippen molar-refractivity contribution < 1.29 is 27.4 Å². The Hall–Kier alpha value is -3.11. The number of hydrogen-bond acceptors (Lipinski definition) is 6. The molecular formula is C20H13Cl2F3N4O3. The van der Waals surface area contributed by atoms with E-state index in [-0.39, 0.29) is 22.4 Å². The number of hydrogen-bond donors (Lipinski definition) is 0. The zero-order valence-electron chi connectivity index (χ0n) is 16.2. The Balaban J connectivity index is 1.88. The molecule has 0 saturated heterocycles. The Morgan fingerprint density at radius 2 is 2.03 bits per heavy atom. The average Bonchev–Trinajstić information content (AvgIpc) is 3.16. The van der Waals surface area contributed by atoms with E-state index in [9.17, 15) is 18.0 Å². The van der Waals surface area contributed by atoms with Crippen LogP contribution in [0.4, 0.5) is 18.9 Å². The molecule has 0 fully saturated rings. The van der Waals surface area contributed by atoms with E-state index in [4.69, 9.17) is 27.9 Å². The Bertz CT molecular complexity index is 1220. The quantitative estimate of drug-likeness (QED) is 0.451. The summed E-state index contributed by atoms with van der Waals surface area (Å²) >= 11 is 12.3. The number of rotatable bonds is 6. The van der Waals surface area contributed by atoms with Crippen LogP contribution in [0.15, 0.2) is 41.5 Å². The van der Waals surface area contributed by atoms with Gasteiger partial charge in [-0.15, -0.1) is 5.10 Å². The molecule has 2 aromatic heterocycles. The van der Waals surface area contributed by atoms with Crippen molar-refractivity contribution in [3.8, 4) is 11.7 Å². The van der Waals surface area contributed by atoms with E-state index in [1.807, 2.05) is 0 Å². The van der Waals surface area contributed by atoms with Gasteiger partial charge in [-0.2, -0.15) is 4.39 Å². The molecule has 0 amide bonds. The molecule has 0 spiro atoms. The van der Waals surface area contributed by atoms with Gasteiger partial charge >= 0.3 is 6.43 Å². The predicted octanol–water partition coefficient (Wildman–Crippen LogP) is 5.17. The Morgan fingerprint density at radius 3 is 2.72 bits per heavy atom. The van der Waals surface area contributed by atoms with E-state index in [1.54, 1.807) is 25.1 Å². The lowest BCUT2D eigenvalue weighted by Gasteiger charge is -2.23. The summed E-state index contributed by atoms with van der Waals surface area (Å²) in [6.07, 6.45) is -5.37. The van der Waals surface area contributed by atoms with Gasteiger partial charge in [0.2, 0.25) is 11.8 Å². The molecular weight excluding hydrogens is 472 g/mol. The van der Waals surface area contributed by atoms with E-state index >= 15 is 0 Å². The van der Waals surface area contributed by atoms with Crippen molar-refractivity contribution in [1.82, 2.24) is 14.8 Å². The Kier molecular flexibility index (Phi) is 6.07. The molecule has 4 rings (SSSR count). The molecule has 2 unspecified atom stereocenters. The lowest BCUT2D eigenvalue weighted by Crippen LogP contribution is -2.21. The van der Waals surface area contributed by atoms with Crippen molar-refractivity contribution in [2.24, 2.45) is 4.99 Å². The molecule has 32 heavy (non-hydrogen) atoms. The van der Waals surface area contributed by atoms with Crippen molar-refractivity contribution in [2.45, 2.75) is 25.8 Å². The van der Waals surface area contributed by atoms with Crippen LogP contribution < -0.4 is 4.74 Å². The number of carbonyl (C=O) groups is 1. The first kappa shape index (κ1) is 22.1. The second-order valence-electron chi connectivity index (χ2n) is 6.64. The van der Waals surface area contributed by atoms with Crippen molar-refractivity contribution in [1.29, 1.82) is 0 Å². The van der Waals surface area contributed by atoms with Gasteiger partial charge in [0.15, 0.2) is 18.2 Å². The fraction of sp³-hybridized carbons (Fsp3) is 0.200. The molecule has 12 heteroatoms. The molecule has 0 aliphatic carbocycles. The summed E-state index contributed by atoms with van der Waals surface area (Å²) in [5, 5.41) is 4.54. The monoisotopic (exact) mass is 484 g/mol. The smallest absolute Gasteiger partial charge is 0.304 e. The highest BCUT2D eigenvalue weighted by Crippen LogP contribution is 2.38. The minimum absolute atomic E-state index is 0.0499. The van der Waals surface area contributed by atoms with E-state index in [2.05, 4.69) is 19.8 Å². The summed E-state index contributed by atoms with van der Waals surface area (Å²) in [6.45, 7) is 1.75. The van der Waals surface area contributed by atoms with Crippen LogP contribution in [0, 0.1) is 6.92 Å². The zero-order chi connectivity index (χ0) is 23.0. The highest BCUT2D eigenvalue weighted by molar-refractivity contribution is 6.32. The first-order valence-corrected chi connectivity index (χ1v) is 9.85. The molecule has 1 aliphatic heterocycles. The molecule has 3 aromatic rings. The number of fused-ring (bicyclic) bond motifs is 1. The van der Waals surface area contributed by atoms with Crippen molar-refractivity contribution in [3.05, 3.63) is 63.4 Å². The number of aromatic nitrogens is 3. The van der Waals surface area contributed by atoms with Crippen LogP contribution >= 0.6 is 23.2 Å². The molecule has 0 radical (unpaired) electrons. The van der Waals surface area contributed by atoms with Gasteiger partial charge in [-0.3, -0.25) is 4.79 Å². The van der Waals surface area contributed by atoms with Crippen LogP contribution in [0.1, 0.15) is 22.9 Å². The number of halogens is 5. The third kappa shape index (κ3) is 4.15. The Labute approximate surface area is 189 Å². The van der Waals surface area contributed by atoms with Crippen LogP contribution in [0.3, 0.4) is 0 Å². The summed E-state index contributed by atoms with van der Waals surface area (Å²) in [4.78, 5) is 20.3. The molecule has 0 N–H and O–H groups in total. The number of alkyl halides is 3. The molecule has 7 nitrogen and oxygen atoms in total. The SMILES string of the molecule is Cc1cc(Cl)cc2c1N=C(c1cc(OC(F)C(F)F)nn1-c1ncccc1Cl)OC2C=O. The van der Waals surface area contributed by atoms with E-state index < -0.39 is 24.8 Å². The number of pyridine rings is 1. The molecule has 0 saturated carbocycles. The van der Waals surface area contributed by atoms with E-state index in [0.29, 0.717) is 28.1 Å². The van der Waals surface area contributed by atoms with E-state index in [1.165, 1.54) is 12.3 Å². The van der Waals surface area contributed by atoms with Crippen LogP contribution in [0.25, 0.3) is 5.82 Å².